The first kappa shape index (κ1) is 6.64. The zero-order valence-corrected chi connectivity index (χ0v) is 5.51. The highest BCUT2D eigenvalue weighted by atomic mass is 16.3. The van der Waals surface area contributed by atoms with Gasteiger partial charge in [-0.25, -0.2) is 0 Å². The Morgan fingerprint density at radius 2 is 2.00 bits per heavy atom. The van der Waals surface area contributed by atoms with Gasteiger partial charge < -0.3 is 5.11 Å². The molecule has 1 aliphatic rings. The van der Waals surface area contributed by atoms with Crippen molar-refractivity contribution >= 4 is 0 Å². The van der Waals surface area contributed by atoms with Crippen molar-refractivity contribution in [3.63, 3.8) is 0 Å². The number of aliphatic hydroxyl groups excluding tert-OH is 1. The topological polar surface area (TPSA) is 20.2 Å². The fraction of sp³-hybridized carbons (Fsp3) is 0.750. The Kier molecular flexibility index (Phi) is 2.13. The Hall–Kier alpha value is -0.480. The van der Waals surface area contributed by atoms with Gasteiger partial charge in [-0.2, -0.15) is 0 Å². The van der Waals surface area contributed by atoms with Gasteiger partial charge in [0.05, 0.1) is 0 Å². The Morgan fingerprint density at radius 1 is 1.44 bits per heavy atom. The van der Waals surface area contributed by atoms with Gasteiger partial charge in [0.1, 0.15) is 6.10 Å². The summed E-state index contributed by atoms with van der Waals surface area (Å²) < 4.78 is 0. The first-order chi connectivity index (χ1) is 4.34. The summed E-state index contributed by atoms with van der Waals surface area (Å²) in [6.07, 6.45) is 9.28. The monoisotopic (exact) mass is 124 g/mol. The lowest BCUT2D eigenvalue weighted by molar-refractivity contribution is 0.165. The van der Waals surface area contributed by atoms with Crippen LogP contribution in [-0.2, 0) is 0 Å². The average molecular weight is 124 g/mol. The molecule has 1 rings (SSSR count). The van der Waals surface area contributed by atoms with Gasteiger partial charge in [0, 0.05) is 0 Å². The molecule has 1 N–H and O–H groups in total. The molecule has 0 amide bonds. The predicted octanol–water partition coefficient (Wildman–Crippen LogP) is 1.17. The number of hydrogen-bond donors (Lipinski definition) is 1. The van der Waals surface area contributed by atoms with E-state index in [0.29, 0.717) is 5.92 Å². The molecule has 0 aliphatic heterocycles. The molecule has 1 aliphatic carbocycles. The maximum Gasteiger partial charge on any atom is 0.117 e. The zero-order chi connectivity index (χ0) is 6.69. The first-order valence-electron chi connectivity index (χ1n) is 3.49. The Morgan fingerprint density at radius 3 is 2.44 bits per heavy atom. The van der Waals surface area contributed by atoms with Gasteiger partial charge >= 0.3 is 0 Å². The van der Waals surface area contributed by atoms with Gasteiger partial charge in [-0.05, 0) is 18.8 Å². The minimum Gasteiger partial charge on any atom is -0.380 e. The molecule has 0 aromatic heterocycles. The maximum absolute atomic E-state index is 9.12. The summed E-state index contributed by atoms with van der Waals surface area (Å²) in [4.78, 5) is 0. The molecule has 1 nitrogen and oxygen atoms in total. The molecule has 0 bridgehead atoms. The lowest BCUT2D eigenvalue weighted by Crippen LogP contribution is -2.14. The summed E-state index contributed by atoms with van der Waals surface area (Å²) >= 11 is 0. The highest BCUT2D eigenvalue weighted by Gasteiger charge is 2.20. The third-order valence-corrected chi connectivity index (χ3v) is 2.02. The van der Waals surface area contributed by atoms with E-state index in [0.717, 1.165) is 12.8 Å². The van der Waals surface area contributed by atoms with Crippen LogP contribution in [0.15, 0.2) is 0 Å². The molecular weight excluding hydrogens is 112 g/mol. The van der Waals surface area contributed by atoms with Crippen LogP contribution in [0.5, 0.6) is 0 Å². The molecule has 0 saturated heterocycles. The van der Waals surface area contributed by atoms with Crippen LogP contribution in [0.3, 0.4) is 0 Å². The van der Waals surface area contributed by atoms with Crippen molar-refractivity contribution in [1.29, 1.82) is 0 Å². The van der Waals surface area contributed by atoms with E-state index in [4.69, 9.17) is 11.5 Å². The summed E-state index contributed by atoms with van der Waals surface area (Å²) in [6.45, 7) is 0. The van der Waals surface area contributed by atoms with Gasteiger partial charge in [0.25, 0.3) is 0 Å². The minimum atomic E-state index is -0.479. The van der Waals surface area contributed by atoms with Crippen molar-refractivity contribution in [1.82, 2.24) is 0 Å². The van der Waals surface area contributed by atoms with Crippen molar-refractivity contribution in [2.24, 2.45) is 5.92 Å². The molecule has 1 fully saturated rings. The largest absolute Gasteiger partial charge is 0.380 e. The second-order valence-electron chi connectivity index (χ2n) is 2.66. The van der Waals surface area contributed by atoms with Crippen molar-refractivity contribution < 1.29 is 5.11 Å². The van der Waals surface area contributed by atoms with Crippen LogP contribution in [0.2, 0.25) is 0 Å². The van der Waals surface area contributed by atoms with Gasteiger partial charge in [-0.3, -0.25) is 0 Å². The average Bonchev–Trinajstić information content (AvgIpc) is 2.37. The smallest absolute Gasteiger partial charge is 0.117 e. The van der Waals surface area contributed by atoms with Crippen LogP contribution in [0.25, 0.3) is 0 Å². The third kappa shape index (κ3) is 1.46. The maximum atomic E-state index is 9.12. The Balaban J connectivity index is 2.34. The summed E-state index contributed by atoms with van der Waals surface area (Å²) in [5, 5.41) is 9.12. The molecule has 9 heavy (non-hydrogen) atoms. The molecule has 1 saturated carbocycles. The van der Waals surface area contributed by atoms with Gasteiger partial charge in [-0.15, -0.1) is 6.42 Å². The molecule has 0 unspecified atom stereocenters. The van der Waals surface area contributed by atoms with Crippen molar-refractivity contribution in [2.45, 2.75) is 31.8 Å². The summed E-state index contributed by atoms with van der Waals surface area (Å²) in [6, 6.07) is 0. The fourth-order valence-electron chi connectivity index (χ4n) is 1.41. The molecule has 1 atom stereocenters. The summed E-state index contributed by atoms with van der Waals surface area (Å²) in [5.74, 6) is 2.76. The quantitative estimate of drug-likeness (QED) is 0.520. The van der Waals surface area contributed by atoms with E-state index in [-0.39, 0.29) is 0 Å². The van der Waals surface area contributed by atoms with Gasteiger partial charge in [0.2, 0.25) is 0 Å². The van der Waals surface area contributed by atoms with E-state index in [1.54, 1.807) is 0 Å². The molecule has 50 valence electrons. The first-order valence-corrected chi connectivity index (χ1v) is 3.49. The molecule has 1 heteroatoms. The Labute approximate surface area is 56.1 Å². The third-order valence-electron chi connectivity index (χ3n) is 2.02. The summed E-state index contributed by atoms with van der Waals surface area (Å²) in [7, 11) is 0. The SMILES string of the molecule is C#C[C@H](O)C1CCCC1. The Bertz CT molecular complexity index is 117. The normalized spacial score (nSPS) is 23.6. The number of hydrogen-bond acceptors (Lipinski definition) is 1. The van der Waals surface area contributed by atoms with E-state index in [9.17, 15) is 0 Å². The van der Waals surface area contributed by atoms with E-state index in [1.165, 1.54) is 12.8 Å². The molecule has 0 heterocycles. The summed E-state index contributed by atoms with van der Waals surface area (Å²) in [5.41, 5.74) is 0. The van der Waals surface area contributed by atoms with Crippen LogP contribution in [-0.4, -0.2) is 11.2 Å². The predicted molar refractivity (Wildman–Crippen MR) is 36.8 cm³/mol. The molecule has 0 radical (unpaired) electrons. The van der Waals surface area contributed by atoms with E-state index >= 15 is 0 Å². The van der Waals surface area contributed by atoms with E-state index < -0.39 is 6.10 Å². The molecule has 0 aromatic rings. The van der Waals surface area contributed by atoms with E-state index in [2.05, 4.69) is 5.92 Å². The van der Waals surface area contributed by atoms with E-state index in [1.807, 2.05) is 0 Å². The van der Waals surface area contributed by atoms with Crippen molar-refractivity contribution in [3.05, 3.63) is 0 Å². The van der Waals surface area contributed by atoms with Crippen molar-refractivity contribution in [2.75, 3.05) is 0 Å². The van der Waals surface area contributed by atoms with Gasteiger partial charge in [-0.1, -0.05) is 18.8 Å². The van der Waals surface area contributed by atoms with Crippen molar-refractivity contribution in [3.8, 4) is 12.3 Å². The minimum absolute atomic E-state index is 0.398. The zero-order valence-electron chi connectivity index (χ0n) is 5.51. The second kappa shape index (κ2) is 2.89. The molecule has 0 aromatic carbocycles. The second-order valence-corrected chi connectivity index (χ2v) is 2.66. The van der Waals surface area contributed by atoms with Crippen LogP contribution in [0.4, 0.5) is 0 Å². The molecular formula is C8H12O. The highest BCUT2D eigenvalue weighted by molar-refractivity contribution is 4.97. The van der Waals surface area contributed by atoms with Gasteiger partial charge in [0.15, 0.2) is 0 Å². The molecule has 0 spiro atoms. The van der Waals surface area contributed by atoms with Crippen LogP contribution in [0.1, 0.15) is 25.7 Å². The van der Waals surface area contributed by atoms with Crippen LogP contribution >= 0.6 is 0 Å². The lowest BCUT2D eigenvalue weighted by Gasteiger charge is -2.09. The van der Waals surface area contributed by atoms with Crippen LogP contribution < -0.4 is 0 Å². The fourth-order valence-corrected chi connectivity index (χ4v) is 1.41. The lowest BCUT2D eigenvalue weighted by atomic mass is 10.0. The number of terminal acetylenes is 1. The number of aliphatic hydroxyl groups is 1. The highest BCUT2D eigenvalue weighted by Crippen LogP contribution is 2.27. The standard InChI is InChI=1S/C8H12O/c1-2-8(9)7-5-3-4-6-7/h1,7-9H,3-6H2/t8-/m0/s1. The van der Waals surface area contributed by atoms with Crippen LogP contribution in [0, 0.1) is 18.3 Å². The number of rotatable bonds is 1.